The van der Waals surface area contributed by atoms with E-state index in [4.69, 9.17) is 0 Å². The highest BCUT2D eigenvalue weighted by atomic mass is 32.2. The molecule has 13 heteroatoms. The van der Waals surface area contributed by atoms with Gasteiger partial charge in [-0.1, -0.05) is 12.8 Å². The summed E-state index contributed by atoms with van der Waals surface area (Å²) in [5.74, 6) is -0.983. The Kier molecular flexibility index (Phi) is 5.44. The lowest BCUT2D eigenvalue weighted by molar-refractivity contribution is -0.152. The van der Waals surface area contributed by atoms with Crippen LogP contribution in [0.3, 0.4) is 0 Å². The number of rotatable bonds is 7. The van der Waals surface area contributed by atoms with E-state index in [-0.39, 0.29) is 57.4 Å². The molecule has 0 spiro atoms. The van der Waals surface area contributed by atoms with Gasteiger partial charge in [0.25, 0.3) is 10.0 Å². The van der Waals surface area contributed by atoms with Crippen LogP contribution in [0.4, 0.5) is 5.00 Å². The van der Waals surface area contributed by atoms with Gasteiger partial charge in [0.1, 0.15) is 15.7 Å². The Morgan fingerprint density at radius 2 is 1.94 bits per heavy atom. The number of anilines is 1. The molecule has 35 heavy (non-hydrogen) atoms. The highest BCUT2D eigenvalue weighted by Gasteiger charge is 2.60. The summed E-state index contributed by atoms with van der Waals surface area (Å²) < 4.78 is 55.5. The van der Waals surface area contributed by atoms with Gasteiger partial charge in [0.2, 0.25) is 15.9 Å². The van der Waals surface area contributed by atoms with Crippen LogP contribution in [-0.2, 0) is 36.2 Å². The molecule has 3 aliphatic carbocycles. The zero-order valence-corrected chi connectivity index (χ0v) is 21.7. The number of nitrogens with one attached hydrogen (secondary N) is 2. The van der Waals surface area contributed by atoms with Crippen molar-refractivity contribution < 1.29 is 26.4 Å². The molecule has 5 aliphatic rings. The van der Waals surface area contributed by atoms with Crippen LogP contribution < -0.4 is 10.0 Å². The molecule has 0 aromatic carbocycles. The van der Waals surface area contributed by atoms with Gasteiger partial charge in [0.15, 0.2) is 11.7 Å². The Bertz CT molecular complexity index is 1350. The maximum atomic E-state index is 13.7. The van der Waals surface area contributed by atoms with Gasteiger partial charge >= 0.3 is 0 Å². The molecular weight excluding hydrogens is 512 g/mol. The van der Waals surface area contributed by atoms with Crippen LogP contribution in [0.2, 0.25) is 0 Å². The van der Waals surface area contributed by atoms with Gasteiger partial charge in [0, 0.05) is 30.6 Å². The van der Waals surface area contributed by atoms with Gasteiger partial charge in [0.05, 0.1) is 6.26 Å². The van der Waals surface area contributed by atoms with Crippen LogP contribution in [-0.4, -0.2) is 58.1 Å². The topological polar surface area (TPSA) is 142 Å². The van der Waals surface area contributed by atoms with E-state index in [1.54, 1.807) is 5.38 Å². The number of sulfonamides is 2. The minimum Gasteiger partial charge on any atom is -0.338 e. The number of thiophene rings is 1. The summed E-state index contributed by atoms with van der Waals surface area (Å²) >= 11 is 1.09. The van der Waals surface area contributed by atoms with E-state index in [0.29, 0.717) is 18.4 Å². The number of amides is 1. The first-order valence-electron chi connectivity index (χ1n) is 12.0. The zero-order chi connectivity index (χ0) is 24.7. The first kappa shape index (κ1) is 23.6. The maximum absolute atomic E-state index is 13.7. The average molecular weight is 541 g/mol. The van der Waals surface area contributed by atoms with Crippen molar-refractivity contribution in [2.24, 2.45) is 34.0 Å². The van der Waals surface area contributed by atoms with Crippen LogP contribution in [0.1, 0.15) is 44.1 Å². The van der Waals surface area contributed by atoms with E-state index < -0.39 is 26.0 Å². The third-order valence-electron chi connectivity index (χ3n) is 8.18. The fourth-order valence-corrected chi connectivity index (χ4v) is 9.56. The molecule has 4 fully saturated rings. The fourth-order valence-electron chi connectivity index (χ4n) is 6.50. The van der Waals surface area contributed by atoms with Crippen molar-refractivity contribution in [1.82, 2.24) is 9.62 Å². The molecular formula is C22H28N4O6S3. The predicted molar refractivity (Wildman–Crippen MR) is 130 cm³/mol. The number of likely N-dealkylation sites (tertiary alicyclic amines) is 1. The smallest absolute Gasteiger partial charge is 0.287 e. The van der Waals surface area contributed by atoms with Crippen molar-refractivity contribution in [1.29, 1.82) is 0 Å². The Labute approximate surface area is 208 Å². The molecule has 0 radical (unpaired) electrons. The second kappa shape index (κ2) is 8.09. The molecule has 3 saturated carbocycles. The molecule has 2 bridgehead atoms. The SMILES string of the molecule is CS(=O)(=O)NCc1csc2c1S(=O)(=O)N=C(C1C(=O)C3C([C@@H]4CC[C@H]3C4)N(CCC3CC3)C1=O)N2. The average Bonchev–Trinajstić information content (AvgIpc) is 3.16. The Morgan fingerprint density at radius 3 is 2.66 bits per heavy atom. The van der Waals surface area contributed by atoms with Crippen molar-refractivity contribution in [2.75, 3.05) is 18.1 Å². The summed E-state index contributed by atoms with van der Waals surface area (Å²) in [6, 6.07) is -0.0736. The second-order valence-electron chi connectivity index (χ2n) is 10.5. The number of amidine groups is 1. The molecule has 3 heterocycles. The number of hydrogen-bond acceptors (Lipinski definition) is 8. The standard InChI is InChI=1S/C22H28N4O6S3/c1-34(29,30)23-9-14-10-33-21-19(14)35(31,32)25-20(24-21)16-18(27)15-12-4-5-13(8-12)17(15)26(22(16)28)7-6-11-2-3-11/h10-13,15-17,23H,2-9H2,1H3,(H,24,25)/t12-,13+,15?,16?,17?/m0/s1. The molecule has 2 N–H and O–H groups in total. The lowest BCUT2D eigenvalue weighted by Gasteiger charge is -2.45. The maximum Gasteiger partial charge on any atom is 0.287 e. The molecule has 1 amide bonds. The minimum atomic E-state index is -4.23. The molecule has 1 saturated heterocycles. The number of piperidine rings is 1. The highest BCUT2D eigenvalue weighted by Crippen LogP contribution is 2.54. The third-order valence-corrected chi connectivity index (χ3v) is 11.3. The lowest BCUT2D eigenvalue weighted by Crippen LogP contribution is -2.62. The van der Waals surface area contributed by atoms with Gasteiger partial charge in [-0.3, -0.25) is 9.59 Å². The van der Waals surface area contributed by atoms with E-state index >= 15 is 0 Å². The molecule has 1 aromatic heterocycles. The molecule has 10 nitrogen and oxygen atoms in total. The van der Waals surface area contributed by atoms with Crippen molar-refractivity contribution in [2.45, 2.75) is 56.0 Å². The zero-order valence-electron chi connectivity index (χ0n) is 19.3. The van der Waals surface area contributed by atoms with Crippen molar-refractivity contribution in [3.63, 3.8) is 0 Å². The number of nitrogens with zero attached hydrogens (tertiary/aromatic N) is 2. The first-order valence-corrected chi connectivity index (χ1v) is 16.3. The molecule has 6 rings (SSSR count). The van der Waals surface area contributed by atoms with Gasteiger partial charge in [-0.15, -0.1) is 15.7 Å². The van der Waals surface area contributed by atoms with Crippen LogP contribution in [0.15, 0.2) is 14.7 Å². The number of ketones is 1. The summed E-state index contributed by atoms with van der Waals surface area (Å²) in [5.41, 5.74) is 0.270. The fraction of sp³-hybridized carbons (Fsp3) is 0.682. The van der Waals surface area contributed by atoms with Crippen molar-refractivity contribution >= 4 is 53.9 Å². The monoisotopic (exact) mass is 540 g/mol. The van der Waals surface area contributed by atoms with Gasteiger partial charge in [-0.05, 0) is 48.8 Å². The van der Waals surface area contributed by atoms with E-state index in [1.807, 2.05) is 4.90 Å². The normalized spacial score (nSPS) is 33.3. The largest absolute Gasteiger partial charge is 0.338 e. The summed E-state index contributed by atoms with van der Waals surface area (Å²) in [5, 5.41) is 4.76. The van der Waals surface area contributed by atoms with E-state index in [1.165, 1.54) is 12.8 Å². The van der Waals surface area contributed by atoms with Crippen LogP contribution in [0.25, 0.3) is 0 Å². The Morgan fingerprint density at radius 1 is 1.20 bits per heavy atom. The van der Waals surface area contributed by atoms with Gasteiger partial charge < -0.3 is 10.2 Å². The Hall–Kier alpha value is -1.83. The third kappa shape index (κ3) is 4.04. The van der Waals surface area contributed by atoms with Crippen LogP contribution in [0, 0.1) is 29.6 Å². The molecule has 1 aromatic rings. The quantitative estimate of drug-likeness (QED) is 0.500. The summed E-state index contributed by atoms with van der Waals surface area (Å²) in [4.78, 5) is 29.2. The second-order valence-corrected chi connectivity index (χ2v) is 14.8. The molecule has 3 unspecified atom stereocenters. The van der Waals surface area contributed by atoms with Crippen molar-refractivity contribution in [3.8, 4) is 0 Å². The number of Topliss-reactive ketones (excluding diaryl/α,β-unsaturated/α-hetero) is 1. The molecule has 5 atom stereocenters. The summed E-state index contributed by atoms with van der Waals surface area (Å²) in [6.07, 6.45) is 7.21. The van der Waals surface area contributed by atoms with Gasteiger partial charge in [-0.2, -0.15) is 8.42 Å². The first-order chi connectivity index (χ1) is 16.5. The van der Waals surface area contributed by atoms with Crippen LogP contribution in [0.5, 0.6) is 0 Å². The number of carbonyl (C=O) groups excluding carboxylic acids is 2. The van der Waals surface area contributed by atoms with Crippen LogP contribution >= 0.6 is 11.3 Å². The number of fused-ring (bicyclic) bond motifs is 6. The number of carbonyl (C=O) groups is 2. The highest BCUT2D eigenvalue weighted by molar-refractivity contribution is 7.91. The molecule has 190 valence electrons. The van der Waals surface area contributed by atoms with Crippen molar-refractivity contribution in [3.05, 3.63) is 10.9 Å². The number of hydrogen-bond donors (Lipinski definition) is 2. The minimum absolute atomic E-state index is 0.0736. The summed E-state index contributed by atoms with van der Waals surface area (Å²) in [7, 11) is -7.75. The lowest BCUT2D eigenvalue weighted by atomic mass is 9.73. The Balaban J connectivity index is 1.33. The van der Waals surface area contributed by atoms with Gasteiger partial charge in [-0.25, -0.2) is 13.1 Å². The van der Waals surface area contributed by atoms with E-state index in [9.17, 15) is 26.4 Å². The molecule has 2 aliphatic heterocycles. The van der Waals surface area contributed by atoms with E-state index in [0.717, 1.165) is 43.3 Å². The predicted octanol–water partition coefficient (Wildman–Crippen LogP) is 1.55. The van der Waals surface area contributed by atoms with E-state index in [2.05, 4.69) is 14.4 Å². The summed E-state index contributed by atoms with van der Waals surface area (Å²) in [6.45, 7) is 0.406.